The van der Waals surface area contributed by atoms with E-state index in [4.69, 9.17) is 16.3 Å². The molecule has 0 amide bonds. The molecule has 0 N–H and O–H groups in total. The van der Waals surface area contributed by atoms with E-state index in [0.717, 1.165) is 27.7 Å². The Morgan fingerprint density at radius 3 is 2.90 bits per heavy atom. The molecule has 0 atom stereocenters. The number of fused-ring (bicyclic) bond motifs is 1. The summed E-state index contributed by atoms with van der Waals surface area (Å²) in [6, 6.07) is 11.5. The molecule has 0 aliphatic rings. The average Bonchev–Trinajstić information content (AvgIpc) is 2.80. The molecule has 0 spiro atoms. The summed E-state index contributed by atoms with van der Waals surface area (Å²) in [7, 11) is 0. The minimum absolute atomic E-state index is 0.606. The van der Waals surface area contributed by atoms with Crippen LogP contribution in [0.15, 0.2) is 42.6 Å². The number of nitrogens with zero attached hydrogens (tertiary/aromatic N) is 2. The van der Waals surface area contributed by atoms with Gasteiger partial charge in [0.2, 0.25) is 5.88 Å². The largest absolute Gasteiger partial charge is 0.437 e. The first-order valence-corrected chi connectivity index (χ1v) is 7.65. The second-order valence-corrected chi connectivity index (χ2v) is 5.41. The van der Waals surface area contributed by atoms with Crippen LogP contribution in [0.2, 0.25) is 5.02 Å². The molecule has 3 aromatic rings. The van der Waals surface area contributed by atoms with Crippen molar-refractivity contribution in [1.82, 2.24) is 9.38 Å². The van der Waals surface area contributed by atoms with E-state index in [0.29, 0.717) is 11.2 Å². The van der Waals surface area contributed by atoms with Gasteiger partial charge in [0, 0.05) is 16.5 Å². The highest BCUT2D eigenvalue weighted by molar-refractivity contribution is 9.08. The van der Waals surface area contributed by atoms with E-state index in [-0.39, 0.29) is 0 Å². The zero-order valence-electron chi connectivity index (χ0n) is 10.8. The molecule has 0 aliphatic carbocycles. The number of hydrogen-bond donors (Lipinski definition) is 0. The molecule has 0 saturated heterocycles. The second-order valence-electron chi connectivity index (χ2n) is 4.44. The lowest BCUT2D eigenvalue weighted by molar-refractivity contribution is 0.461. The predicted molar refractivity (Wildman–Crippen MR) is 84.1 cm³/mol. The molecule has 2 heterocycles. The molecule has 102 valence electrons. The number of aryl methyl sites for hydroxylation is 1. The van der Waals surface area contributed by atoms with Gasteiger partial charge in [-0.1, -0.05) is 33.6 Å². The van der Waals surface area contributed by atoms with Gasteiger partial charge in [-0.25, -0.2) is 0 Å². The number of imidazole rings is 1. The maximum absolute atomic E-state index is 6.02. The van der Waals surface area contributed by atoms with Gasteiger partial charge in [0.1, 0.15) is 11.4 Å². The summed E-state index contributed by atoms with van der Waals surface area (Å²) in [5.74, 6) is 1.34. The van der Waals surface area contributed by atoms with Crippen LogP contribution in [0.5, 0.6) is 11.6 Å². The van der Waals surface area contributed by atoms with Gasteiger partial charge >= 0.3 is 0 Å². The van der Waals surface area contributed by atoms with E-state index in [2.05, 4.69) is 20.9 Å². The number of ether oxygens (including phenoxy) is 1. The molecule has 5 heteroatoms. The van der Waals surface area contributed by atoms with Crippen LogP contribution in [0.1, 0.15) is 11.3 Å². The van der Waals surface area contributed by atoms with Gasteiger partial charge in [0.05, 0.1) is 5.69 Å². The summed E-state index contributed by atoms with van der Waals surface area (Å²) in [5, 5.41) is 1.40. The third-order valence-corrected chi connectivity index (χ3v) is 4.02. The molecule has 2 aromatic heterocycles. The minimum atomic E-state index is 0.606. The summed E-state index contributed by atoms with van der Waals surface area (Å²) in [6.07, 6.45) is 1.97. The normalized spacial score (nSPS) is 10.9. The Bertz CT molecular complexity index is 770. The van der Waals surface area contributed by atoms with Gasteiger partial charge in [0.25, 0.3) is 0 Å². The first-order chi connectivity index (χ1) is 9.69. The van der Waals surface area contributed by atoms with E-state index in [1.807, 2.05) is 53.9 Å². The molecule has 0 fully saturated rings. The van der Waals surface area contributed by atoms with Gasteiger partial charge in [-0.2, -0.15) is 4.98 Å². The minimum Gasteiger partial charge on any atom is -0.437 e. The van der Waals surface area contributed by atoms with Crippen molar-refractivity contribution in [3.63, 3.8) is 0 Å². The lowest BCUT2D eigenvalue weighted by atomic mass is 10.2. The predicted octanol–water partition coefficient (Wildman–Crippen LogP) is 4.98. The van der Waals surface area contributed by atoms with Crippen molar-refractivity contribution in [2.24, 2.45) is 0 Å². The lowest BCUT2D eigenvalue weighted by Gasteiger charge is -2.06. The Morgan fingerprint density at radius 1 is 1.30 bits per heavy atom. The van der Waals surface area contributed by atoms with Gasteiger partial charge in [0.15, 0.2) is 0 Å². The van der Waals surface area contributed by atoms with Crippen LogP contribution in [0.25, 0.3) is 5.65 Å². The fraction of sp³-hybridized carbons (Fsp3) is 0.133. The molecule has 0 radical (unpaired) electrons. The highest BCUT2D eigenvalue weighted by Crippen LogP contribution is 2.29. The summed E-state index contributed by atoms with van der Waals surface area (Å²) in [4.78, 5) is 4.51. The zero-order valence-corrected chi connectivity index (χ0v) is 13.1. The fourth-order valence-electron chi connectivity index (χ4n) is 2.02. The maximum Gasteiger partial charge on any atom is 0.242 e. The summed E-state index contributed by atoms with van der Waals surface area (Å²) in [5.41, 5.74) is 2.82. The Morgan fingerprint density at radius 2 is 2.15 bits per heavy atom. The molecular weight excluding hydrogens is 340 g/mol. The van der Waals surface area contributed by atoms with E-state index >= 15 is 0 Å². The van der Waals surface area contributed by atoms with Crippen molar-refractivity contribution >= 4 is 33.2 Å². The van der Waals surface area contributed by atoms with Gasteiger partial charge in [-0.3, -0.25) is 4.40 Å². The van der Waals surface area contributed by atoms with Gasteiger partial charge in [-0.05, 0) is 42.8 Å². The SMILES string of the molecule is Cc1cc(Oc2nc3ccccn3c2CBr)ccc1Cl. The Balaban J connectivity index is 2.03. The maximum atomic E-state index is 6.02. The van der Waals surface area contributed by atoms with Gasteiger partial charge < -0.3 is 4.74 Å². The molecule has 0 unspecified atom stereocenters. The van der Waals surface area contributed by atoms with Crippen LogP contribution in [0, 0.1) is 6.92 Å². The van der Waals surface area contributed by atoms with Crippen molar-refractivity contribution in [2.75, 3.05) is 0 Å². The van der Waals surface area contributed by atoms with Crippen molar-refractivity contribution in [3.8, 4) is 11.6 Å². The third-order valence-electron chi connectivity index (χ3n) is 3.06. The number of hydrogen-bond acceptors (Lipinski definition) is 2. The number of alkyl halides is 1. The quantitative estimate of drug-likeness (QED) is 0.622. The summed E-state index contributed by atoms with van der Waals surface area (Å²) >= 11 is 9.51. The number of aromatic nitrogens is 2. The number of rotatable bonds is 3. The lowest BCUT2D eigenvalue weighted by Crippen LogP contribution is -1.92. The average molecular weight is 352 g/mol. The molecule has 3 nitrogen and oxygen atoms in total. The third kappa shape index (κ3) is 2.41. The molecule has 1 aromatic carbocycles. The molecule has 0 bridgehead atoms. The fourth-order valence-corrected chi connectivity index (χ4v) is 2.65. The Kier molecular flexibility index (Phi) is 3.68. The summed E-state index contributed by atoms with van der Waals surface area (Å²) in [6.45, 7) is 1.95. The molecular formula is C15H12BrClN2O. The molecule has 3 rings (SSSR count). The van der Waals surface area contributed by atoms with E-state index in [1.165, 1.54) is 0 Å². The highest BCUT2D eigenvalue weighted by Gasteiger charge is 2.13. The number of pyridine rings is 1. The molecule has 0 aliphatic heterocycles. The van der Waals surface area contributed by atoms with Crippen LogP contribution in [-0.2, 0) is 5.33 Å². The first-order valence-electron chi connectivity index (χ1n) is 6.15. The second kappa shape index (κ2) is 5.46. The van der Waals surface area contributed by atoms with Crippen LogP contribution in [0.3, 0.4) is 0 Å². The van der Waals surface area contributed by atoms with E-state index < -0.39 is 0 Å². The first kappa shape index (κ1) is 13.5. The van der Waals surface area contributed by atoms with Crippen molar-refractivity contribution < 1.29 is 4.74 Å². The van der Waals surface area contributed by atoms with Crippen molar-refractivity contribution in [1.29, 1.82) is 0 Å². The highest BCUT2D eigenvalue weighted by atomic mass is 79.9. The van der Waals surface area contributed by atoms with Crippen LogP contribution in [-0.4, -0.2) is 9.38 Å². The van der Waals surface area contributed by atoms with Crippen molar-refractivity contribution in [3.05, 3.63) is 58.9 Å². The van der Waals surface area contributed by atoms with Crippen LogP contribution >= 0.6 is 27.5 Å². The Hall–Kier alpha value is -1.52. The molecule has 20 heavy (non-hydrogen) atoms. The standard InChI is InChI=1S/C15H12BrClN2O/c1-10-8-11(5-6-12(10)17)20-15-13(9-16)19-7-3-2-4-14(19)18-15/h2-8H,9H2,1H3. The van der Waals surface area contributed by atoms with Crippen LogP contribution in [0.4, 0.5) is 0 Å². The van der Waals surface area contributed by atoms with E-state index in [1.54, 1.807) is 0 Å². The number of benzene rings is 1. The smallest absolute Gasteiger partial charge is 0.242 e. The topological polar surface area (TPSA) is 26.5 Å². The zero-order chi connectivity index (χ0) is 14.1. The van der Waals surface area contributed by atoms with Gasteiger partial charge in [-0.15, -0.1) is 0 Å². The van der Waals surface area contributed by atoms with Crippen LogP contribution < -0.4 is 4.74 Å². The van der Waals surface area contributed by atoms with Crippen molar-refractivity contribution in [2.45, 2.75) is 12.3 Å². The van der Waals surface area contributed by atoms with E-state index in [9.17, 15) is 0 Å². The monoisotopic (exact) mass is 350 g/mol. The Labute approximate surface area is 130 Å². The summed E-state index contributed by atoms with van der Waals surface area (Å²) < 4.78 is 7.91. The number of halogens is 2. The molecule has 0 saturated carbocycles.